The van der Waals surface area contributed by atoms with E-state index in [2.05, 4.69) is 16.2 Å². The molecule has 0 aliphatic heterocycles. The Morgan fingerprint density at radius 2 is 1.87 bits per heavy atom. The third kappa shape index (κ3) is 3.13. The second kappa shape index (κ2) is 6.89. The van der Waals surface area contributed by atoms with Gasteiger partial charge in [0.25, 0.3) is 0 Å². The summed E-state index contributed by atoms with van der Waals surface area (Å²) in [7, 11) is 0. The van der Waals surface area contributed by atoms with E-state index in [1.807, 2.05) is 42.5 Å². The van der Waals surface area contributed by atoms with Crippen molar-refractivity contribution >= 4 is 16.7 Å². The second-order valence-corrected chi connectivity index (χ2v) is 8.29. The minimum Gasteiger partial charge on any atom is -0.390 e. The molecule has 0 bridgehead atoms. The molecule has 2 aromatic carbocycles. The highest BCUT2D eigenvalue weighted by Crippen LogP contribution is 2.43. The van der Waals surface area contributed by atoms with Gasteiger partial charge in [0.05, 0.1) is 17.3 Å². The molecule has 0 amide bonds. The number of fused-ring (bicyclic) bond motifs is 1. The largest absolute Gasteiger partial charge is 0.390 e. The van der Waals surface area contributed by atoms with E-state index in [1.54, 1.807) is 19.1 Å². The molecule has 0 unspecified atom stereocenters. The van der Waals surface area contributed by atoms with Gasteiger partial charge in [0, 0.05) is 16.5 Å². The molecule has 154 valence electrons. The van der Waals surface area contributed by atoms with Crippen molar-refractivity contribution in [2.45, 2.75) is 31.4 Å². The lowest BCUT2D eigenvalue weighted by atomic mass is 9.77. The first-order chi connectivity index (χ1) is 14.9. The molecule has 1 saturated carbocycles. The number of halogens is 1. The lowest BCUT2D eigenvalue weighted by Crippen LogP contribution is -2.42. The Morgan fingerprint density at radius 3 is 2.55 bits per heavy atom. The topological polar surface area (TPSA) is 101 Å². The molecule has 0 radical (unpaired) electrons. The van der Waals surface area contributed by atoms with Crippen LogP contribution in [0.15, 0.2) is 54.6 Å². The van der Waals surface area contributed by atoms with E-state index in [0.29, 0.717) is 23.9 Å². The molecule has 6 nitrogen and oxygen atoms in total. The van der Waals surface area contributed by atoms with Crippen molar-refractivity contribution in [3.63, 3.8) is 0 Å². The summed E-state index contributed by atoms with van der Waals surface area (Å²) >= 11 is 0. The first kappa shape index (κ1) is 19.2. The number of nitrogens with zero attached hydrogens (tertiary/aromatic N) is 4. The molecule has 5 rings (SSSR count). The van der Waals surface area contributed by atoms with Crippen LogP contribution in [0.1, 0.15) is 31.4 Å². The zero-order chi connectivity index (χ0) is 21.8. The summed E-state index contributed by atoms with van der Waals surface area (Å²) < 4.78 is 17.2. The van der Waals surface area contributed by atoms with E-state index in [0.717, 1.165) is 5.56 Å². The van der Waals surface area contributed by atoms with Gasteiger partial charge in [-0.25, -0.2) is 14.1 Å². The summed E-state index contributed by atoms with van der Waals surface area (Å²) in [6.45, 7) is 1.74. The number of aliphatic hydroxyl groups is 1. The van der Waals surface area contributed by atoms with Crippen LogP contribution in [0.3, 0.4) is 0 Å². The van der Waals surface area contributed by atoms with E-state index in [-0.39, 0.29) is 34.2 Å². The fraction of sp³-hybridized carbons (Fsp3) is 0.208. The van der Waals surface area contributed by atoms with Gasteiger partial charge in [-0.2, -0.15) is 10.4 Å². The average Bonchev–Trinajstić information content (AvgIpc) is 3.08. The Balaban J connectivity index is 1.64. The summed E-state index contributed by atoms with van der Waals surface area (Å²) in [5.41, 5.74) is 7.65. The zero-order valence-electron chi connectivity index (χ0n) is 16.9. The van der Waals surface area contributed by atoms with Gasteiger partial charge < -0.3 is 10.8 Å². The van der Waals surface area contributed by atoms with Crippen LogP contribution >= 0.6 is 0 Å². The number of aromatic nitrogens is 3. The first-order valence-electron chi connectivity index (χ1n) is 10.0. The molecule has 1 aliphatic rings. The average molecular weight is 413 g/mol. The molecule has 1 aliphatic carbocycles. The number of hydrogen-bond donors (Lipinski definition) is 2. The quantitative estimate of drug-likeness (QED) is 0.517. The van der Waals surface area contributed by atoms with E-state index >= 15 is 4.39 Å². The predicted octanol–water partition coefficient (Wildman–Crippen LogP) is 4.44. The van der Waals surface area contributed by atoms with Crippen LogP contribution in [-0.2, 0) is 0 Å². The highest BCUT2D eigenvalue weighted by atomic mass is 19.1. The van der Waals surface area contributed by atoms with Gasteiger partial charge in [0.2, 0.25) is 0 Å². The van der Waals surface area contributed by atoms with E-state index in [1.165, 1.54) is 4.68 Å². The molecule has 0 saturated heterocycles. The number of nitriles is 1. The van der Waals surface area contributed by atoms with Crippen LogP contribution in [0.4, 0.5) is 10.2 Å². The molecule has 3 N–H and O–H groups in total. The zero-order valence-corrected chi connectivity index (χ0v) is 16.9. The molecule has 2 heterocycles. The Morgan fingerprint density at radius 1 is 1.16 bits per heavy atom. The van der Waals surface area contributed by atoms with Gasteiger partial charge in [-0.05, 0) is 31.9 Å². The van der Waals surface area contributed by atoms with Crippen LogP contribution in [0.2, 0.25) is 0 Å². The fourth-order valence-electron chi connectivity index (χ4n) is 4.26. The van der Waals surface area contributed by atoms with Gasteiger partial charge in [0.15, 0.2) is 5.82 Å². The third-order valence-corrected chi connectivity index (χ3v) is 5.88. The Kier molecular flexibility index (Phi) is 4.27. The molecule has 1 fully saturated rings. The summed E-state index contributed by atoms with van der Waals surface area (Å²) in [6, 6.07) is 18.5. The van der Waals surface area contributed by atoms with Crippen molar-refractivity contribution in [3.05, 3.63) is 66.0 Å². The molecular formula is C24H20FN5O. The maximum absolute atomic E-state index is 15.6. The fourth-order valence-corrected chi connectivity index (χ4v) is 4.26. The molecule has 2 aromatic heterocycles. The summed E-state index contributed by atoms with van der Waals surface area (Å²) in [6.07, 6.45) is 0.955. The van der Waals surface area contributed by atoms with E-state index in [4.69, 9.17) is 5.73 Å². The van der Waals surface area contributed by atoms with Crippen LogP contribution in [0.25, 0.3) is 33.4 Å². The summed E-state index contributed by atoms with van der Waals surface area (Å²) in [5.74, 6) is -0.361. The van der Waals surface area contributed by atoms with Crippen molar-refractivity contribution in [3.8, 4) is 28.6 Å². The molecule has 0 spiro atoms. The standard InChI is InChI=1S/C24H20FN5O/c1-24(31)11-16(12-24)30-23(27)18(13-26)22(29-30)17-9-7-15-8-10-19(28-21(15)20(17)25)14-5-3-2-4-6-14/h2-10,16,31H,11-12,27H2,1H3. The van der Waals surface area contributed by atoms with Crippen LogP contribution in [-0.4, -0.2) is 25.5 Å². The molecule has 0 atom stereocenters. The highest BCUT2D eigenvalue weighted by Gasteiger charge is 2.41. The first-order valence-corrected chi connectivity index (χ1v) is 10.0. The smallest absolute Gasteiger partial charge is 0.158 e. The molecule has 4 aromatic rings. The van der Waals surface area contributed by atoms with Crippen molar-refractivity contribution in [1.29, 1.82) is 5.26 Å². The lowest BCUT2D eigenvalue weighted by molar-refractivity contribution is -0.0535. The highest BCUT2D eigenvalue weighted by molar-refractivity contribution is 5.88. The van der Waals surface area contributed by atoms with Gasteiger partial charge in [-0.15, -0.1) is 0 Å². The van der Waals surface area contributed by atoms with Gasteiger partial charge in [-0.1, -0.05) is 42.5 Å². The Bertz CT molecular complexity index is 1350. The van der Waals surface area contributed by atoms with Crippen molar-refractivity contribution in [2.75, 3.05) is 5.73 Å². The molecule has 7 heteroatoms. The minimum atomic E-state index is -0.776. The number of benzene rings is 2. The van der Waals surface area contributed by atoms with Crippen LogP contribution in [0.5, 0.6) is 0 Å². The van der Waals surface area contributed by atoms with Crippen molar-refractivity contribution in [2.24, 2.45) is 0 Å². The van der Waals surface area contributed by atoms with Crippen LogP contribution < -0.4 is 5.73 Å². The SMILES string of the molecule is CC1(O)CC(n2nc(-c3ccc4ccc(-c5ccccc5)nc4c3F)c(C#N)c2N)C1. The Labute approximate surface area is 178 Å². The van der Waals surface area contributed by atoms with Crippen LogP contribution in [0, 0.1) is 17.1 Å². The minimum absolute atomic E-state index is 0.123. The third-order valence-electron chi connectivity index (χ3n) is 5.88. The second-order valence-electron chi connectivity index (χ2n) is 8.29. The van der Waals surface area contributed by atoms with Gasteiger partial charge >= 0.3 is 0 Å². The van der Waals surface area contributed by atoms with Gasteiger partial charge in [-0.3, -0.25) is 0 Å². The molecule has 31 heavy (non-hydrogen) atoms. The maximum atomic E-state index is 15.6. The number of nitrogens with two attached hydrogens (primary N) is 1. The summed E-state index contributed by atoms with van der Waals surface area (Å²) in [4.78, 5) is 4.54. The van der Waals surface area contributed by atoms with Crippen molar-refractivity contribution < 1.29 is 9.50 Å². The predicted molar refractivity (Wildman–Crippen MR) is 116 cm³/mol. The molecular weight excluding hydrogens is 393 g/mol. The number of hydrogen-bond acceptors (Lipinski definition) is 5. The Hall–Kier alpha value is -3.76. The van der Waals surface area contributed by atoms with E-state index in [9.17, 15) is 10.4 Å². The number of anilines is 1. The monoisotopic (exact) mass is 413 g/mol. The van der Waals surface area contributed by atoms with E-state index < -0.39 is 11.4 Å². The maximum Gasteiger partial charge on any atom is 0.158 e. The number of nitrogen functional groups attached to an aromatic ring is 1. The van der Waals surface area contributed by atoms with Crippen molar-refractivity contribution in [1.82, 2.24) is 14.8 Å². The van der Waals surface area contributed by atoms with Gasteiger partial charge in [0.1, 0.15) is 28.7 Å². The normalized spacial score (nSPS) is 20.4. The number of rotatable bonds is 3. The number of pyridine rings is 1. The summed E-state index contributed by atoms with van der Waals surface area (Å²) in [5, 5.41) is 24.9. The lowest BCUT2D eigenvalue weighted by Gasteiger charge is -2.41.